The van der Waals surface area contributed by atoms with E-state index in [1.54, 1.807) is 0 Å². The molecule has 2 heteroatoms. The molecule has 0 radical (unpaired) electrons. The molecular weight excluding hydrogens is 474 g/mol. The normalized spacial score (nSPS) is 13.2. The average molecular weight is 505 g/mol. The van der Waals surface area contributed by atoms with Crippen LogP contribution in [0.1, 0.15) is 28.1 Å². The highest BCUT2D eigenvalue weighted by Gasteiger charge is 2.26. The first-order valence-corrected chi connectivity index (χ1v) is 13.3. The van der Waals surface area contributed by atoms with Crippen LogP contribution in [0.2, 0.25) is 0 Å². The second kappa shape index (κ2) is 10.8. The van der Waals surface area contributed by atoms with Crippen LogP contribution in [0.3, 0.4) is 0 Å². The lowest BCUT2D eigenvalue weighted by atomic mass is 10.0. The van der Waals surface area contributed by atoms with Gasteiger partial charge in [0.25, 0.3) is 0 Å². The van der Waals surface area contributed by atoms with Crippen molar-refractivity contribution >= 4 is 17.6 Å². The monoisotopic (exact) mass is 504 g/mol. The Morgan fingerprint density at radius 2 is 1.05 bits per heavy atom. The molecule has 0 spiro atoms. The second-order valence-electron chi connectivity index (χ2n) is 9.71. The quantitative estimate of drug-likeness (QED) is 0.218. The Morgan fingerprint density at radius 3 is 1.56 bits per heavy atom. The molecule has 0 atom stereocenters. The first-order chi connectivity index (χ1) is 19.2. The highest BCUT2D eigenvalue weighted by molar-refractivity contribution is 5.78. The van der Waals surface area contributed by atoms with E-state index in [2.05, 4.69) is 128 Å². The first kappa shape index (κ1) is 24.4. The Morgan fingerprint density at radius 1 is 0.564 bits per heavy atom. The minimum Gasteiger partial charge on any atom is -0.456 e. The van der Waals surface area contributed by atoms with E-state index in [0.29, 0.717) is 0 Å². The topological polar surface area (TPSA) is 13.1 Å². The number of para-hydroxylation sites is 1. The van der Waals surface area contributed by atoms with Gasteiger partial charge in [0.1, 0.15) is 11.5 Å². The van der Waals surface area contributed by atoms with Gasteiger partial charge < -0.3 is 4.74 Å². The number of hydrogen-bond donors (Lipinski definition) is 0. The standard InChI is InChI=1S/C37H30NO/c1-27-34-23-21-29(22-24-35(34)28(2)38(27)33-19-10-5-11-20-33)13-12-14-30-25-36(31-15-6-3-7-16-31)39-37(26-30)32-17-8-4-9-18-32/h3-26H,1-2H3/q+1/b13-12+. The van der Waals surface area contributed by atoms with E-state index in [0.717, 1.165) is 33.8 Å². The summed E-state index contributed by atoms with van der Waals surface area (Å²) in [6, 6.07) is 39.9. The van der Waals surface area contributed by atoms with E-state index in [4.69, 9.17) is 4.74 Å². The Labute approximate surface area is 230 Å². The summed E-state index contributed by atoms with van der Waals surface area (Å²) in [5, 5.41) is 0. The molecule has 0 saturated heterocycles. The summed E-state index contributed by atoms with van der Waals surface area (Å²) < 4.78 is 8.66. The number of benzene rings is 3. The van der Waals surface area contributed by atoms with E-state index in [-0.39, 0.29) is 0 Å². The van der Waals surface area contributed by atoms with Crippen molar-refractivity contribution in [3.63, 3.8) is 0 Å². The molecule has 3 aromatic carbocycles. The first-order valence-electron chi connectivity index (χ1n) is 13.3. The van der Waals surface area contributed by atoms with Crippen LogP contribution in [0.25, 0.3) is 34.4 Å². The van der Waals surface area contributed by atoms with Crippen LogP contribution in [0.15, 0.2) is 145 Å². The minimum atomic E-state index is 0.846. The van der Waals surface area contributed by atoms with Gasteiger partial charge in [0.2, 0.25) is 5.69 Å². The molecular formula is C37H30NO+. The minimum absolute atomic E-state index is 0.846. The summed E-state index contributed by atoms with van der Waals surface area (Å²) in [5.74, 6) is 1.69. The van der Waals surface area contributed by atoms with Crippen LogP contribution in [-0.2, 0) is 4.74 Å². The molecule has 39 heavy (non-hydrogen) atoms. The lowest BCUT2D eigenvalue weighted by Gasteiger charge is -2.18. The lowest BCUT2D eigenvalue weighted by molar-refractivity contribution is -0.604. The molecule has 0 saturated carbocycles. The fraction of sp³-hybridized carbons (Fsp3) is 0.0541. The molecule has 0 N–H and O–H groups in total. The van der Waals surface area contributed by atoms with Crippen LogP contribution in [0, 0.1) is 13.8 Å². The van der Waals surface area contributed by atoms with Gasteiger partial charge in [-0.15, -0.1) is 0 Å². The zero-order valence-electron chi connectivity index (χ0n) is 22.2. The van der Waals surface area contributed by atoms with E-state index in [1.807, 2.05) is 36.4 Å². The number of ether oxygens (including phenoxy) is 1. The molecule has 0 bridgehead atoms. The van der Waals surface area contributed by atoms with Crippen molar-refractivity contribution in [1.29, 1.82) is 0 Å². The number of fused-ring (bicyclic) bond motifs is 1. The molecule has 2 aliphatic heterocycles. The predicted molar refractivity (Wildman–Crippen MR) is 161 cm³/mol. The van der Waals surface area contributed by atoms with Gasteiger partial charge in [0, 0.05) is 37.1 Å². The van der Waals surface area contributed by atoms with E-state index < -0.39 is 0 Å². The predicted octanol–water partition coefficient (Wildman–Crippen LogP) is 8.74. The van der Waals surface area contributed by atoms with Crippen LogP contribution in [0.4, 0.5) is 0 Å². The van der Waals surface area contributed by atoms with Crippen LogP contribution in [0.5, 0.6) is 0 Å². The summed E-state index contributed by atoms with van der Waals surface area (Å²) in [4.78, 5) is 0. The van der Waals surface area contributed by atoms with Crippen molar-refractivity contribution in [2.75, 3.05) is 0 Å². The largest absolute Gasteiger partial charge is 0.456 e. The number of hydrogen-bond acceptors (Lipinski definition) is 1. The van der Waals surface area contributed by atoms with Crippen molar-refractivity contribution in [3.05, 3.63) is 173 Å². The summed E-state index contributed by atoms with van der Waals surface area (Å²) >= 11 is 0. The van der Waals surface area contributed by atoms with Crippen molar-refractivity contribution < 1.29 is 9.30 Å². The SMILES string of the molecule is Cc1c2ccc(/C=C/C=C3C=C(c4ccccc4)OC(c4ccccc4)=C3)ccc-2c(C)[n+]1-c1ccccc1. The summed E-state index contributed by atoms with van der Waals surface area (Å²) in [5.41, 5.74) is 10.6. The fourth-order valence-corrected chi connectivity index (χ4v) is 5.17. The van der Waals surface area contributed by atoms with Gasteiger partial charge in [0.15, 0.2) is 11.4 Å². The molecule has 2 nitrogen and oxygen atoms in total. The van der Waals surface area contributed by atoms with Crippen molar-refractivity contribution in [2.45, 2.75) is 13.8 Å². The van der Waals surface area contributed by atoms with Gasteiger partial charge in [-0.2, -0.15) is 4.57 Å². The van der Waals surface area contributed by atoms with Crippen molar-refractivity contribution in [2.24, 2.45) is 0 Å². The number of allylic oxidation sites excluding steroid dienone is 5. The number of rotatable bonds is 5. The zero-order valence-corrected chi connectivity index (χ0v) is 22.2. The highest BCUT2D eigenvalue weighted by atomic mass is 16.5. The molecule has 0 fully saturated rings. The molecule has 0 aromatic heterocycles. The molecule has 6 rings (SSSR count). The lowest BCUT2D eigenvalue weighted by Crippen LogP contribution is -2.34. The number of aromatic nitrogens is 1. The molecule has 1 aliphatic carbocycles. The van der Waals surface area contributed by atoms with Crippen molar-refractivity contribution in [3.8, 4) is 16.8 Å². The summed E-state index contributed by atoms with van der Waals surface area (Å²) in [7, 11) is 0. The molecule has 188 valence electrons. The molecule has 3 aliphatic rings. The smallest absolute Gasteiger partial charge is 0.211 e. The average Bonchev–Trinajstić information content (AvgIpc) is 3.10. The van der Waals surface area contributed by atoms with Gasteiger partial charge in [-0.1, -0.05) is 109 Å². The molecule has 0 unspecified atom stereocenters. The van der Waals surface area contributed by atoms with E-state index in [9.17, 15) is 0 Å². The van der Waals surface area contributed by atoms with Gasteiger partial charge in [0.05, 0.1) is 11.1 Å². The molecule has 2 heterocycles. The van der Waals surface area contributed by atoms with E-state index >= 15 is 0 Å². The zero-order chi connectivity index (χ0) is 26.6. The van der Waals surface area contributed by atoms with Crippen molar-refractivity contribution in [1.82, 2.24) is 0 Å². The molecule has 0 amide bonds. The third-order valence-electron chi connectivity index (χ3n) is 7.15. The maximum absolute atomic E-state index is 6.32. The third kappa shape index (κ3) is 5.10. The van der Waals surface area contributed by atoms with Gasteiger partial charge in [-0.05, 0) is 35.4 Å². The third-order valence-corrected chi connectivity index (χ3v) is 7.15. The van der Waals surface area contributed by atoms with E-state index in [1.165, 1.54) is 28.2 Å². The number of nitrogens with zero attached hydrogens (tertiary/aromatic N) is 1. The van der Waals surface area contributed by atoms with Crippen LogP contribution >= 0.6 is 0 Å². The Kier molecular flexibility index (Phi) is 6.76. The maximum atomic E-state index is 6.32. The van der Waals surface area contributed by atoms with Gasteiger partial charge >= 0.3 is 0 Å². The maximum Gasteiger partial charge on any atom is 0.211 e. The van der Waals surface area contributed by atoms with Crippen LogP contribution < -0.4 is 4.57 Å². The van der Waals surface area contributed by atoms with Gasteiger partial charge in [-0.3, -0.25) is 0 Å². The summed E-state index contributed by atoms with van der Waals surface area (Å²) in [6.45, 7) is 4.39. The van der Waals surface area contributed by atoms with Gasteiger partial charge in [-0.25, -0.2) is 0 Å². The molecule has 3 aromatic rings. The highest BCUT2D eigenvalue weighted by Crippen LogP contribution is 2.32. The Balaban J connectivity index is 1.32. The Hall–Kier alpha value is -4.95. The summed E-state index contributed by atoms with van der Waals surface area (Å²) in [6.07, 6.45) is 10.6. The Bertz CT molecular complexity index is 1610. The second-order valence-corrected chi connectivity index (χ2v) is 9.71. The van der Waals surface area contributed by atoms with Crippen LogP contribution in [-0.4, -0.2) is 0 Å². The fourth-order valence-electron chi connectivity index (χ4n) is 5.17.